The molecule has 1 aliphatic rings. The van der Waals surface area contributed by atoms with Crippen LogP contribution in [0.3, 0.4) is 0 Å². The smallest absolute Gasteiger partial charge is 0.218 e. The second kappa shape index (κ2) is 6.34. The quantitative estimate of drug-likeness (QED) is 0.865. The van der Waals surface area contributed by atoms with Crippen molar-refractivity contribution in [2.24, 2.45) is 0 Å². The third kappa shape index (κ3) is 3.41. The van der Waals surface area contributed by atoms with Crippen LogP contribution in [0.5, 0.6) is 5.75 Å². The molecule has 1 heterocycles. The molecule has 4 nitrogen and oxygen atoms in total. The highest BCUT2D eigenvalue weighted by molar-refractivity contribution is 7.88. The third-order valence-electron chi connectivity index (χ3n) is 4.38. The van der Waals surface area contributed by atoms with Gasteiger partial charge in [-0.25, -0.2) is 8.42 Å². The Morgan fingerprint density at radius 3 is 2.65 bits per heavy atom. The monoisotopic (exact) mass is 331 g/mol. The number of aryl methyl sites for hydroxylation is 1. The Morgan fingerprint density at radius 2 is 1.91 bits per heavy atom. The average Bonchev–Trinajstić information content (AvgIpc) is 2.55. The summed E-state index contributed by atoms with van der Waals surface area (Å²) in [6.45, 7) is 2.91. The Bertz CT molecular complexity index is 815. The molecule has 1 aliphatic heterocycles. The van der Waals surface area contributed by atoms with Gasteiger partial charge < -0.3 is 4.74 Å². The number of fused-ring (bicyclic) bond motifs is 1. The highest BCUT2D eigenvalue weighted by Gasteiger charge is 2.27. The molecular weight excluding hydrogens is 310 g/mol. The van der Waals surface area contributed by atoms with Crippen molar-refractivity contribution >= 4 is 10.0 Å². The number of benzene rings is 2. The first-order valence-electron chi connectivity index (χ1n) is 7.68. The molecule has 0 bridgehead atoms. The first-order chi connectivity index (χ1) is 11.0. The average molecular weight is 331 g/mol. The van der Waals surface area contributed by atoms with E-state index in [4.69, 9.17) is 4.74 Å². The summed E-state index contributed by atoms with van der Waals surface area (Å²) in [4.78, 5) is 0. The van der Waals surface area contributed by atoms with Gasteiger partial charge in [-0.3, -0.25) is 0 Å². The van der Waals surface area contributed by atoms with Gasteiger partial charge in [0, 0.05) is 13.1 Å². The van der Waals surface area contributed by atoms with E-state index in [0.29, 0.717) is 13.1 Å². The van der Waals surface area contributed by atoms with Crippen molar-refractivity contribution in [3.8, 4) is 5.75 Å². The first-order valence-corrected chi connectivity index (χ1v) is 9.28. The maximum atomic E-state index is 12.7. The minimum Gasteiger partial charge on any atom is -0.497 e. The van der Waals surface area contributed by atoms with Gasteiger partial charge in [0.25, 0.3) is 0 Å². The number of nitrogens with zero attached hydrogens (tertiary/aromatic N) is 1. The second-order valence-electron chi connectivity index (χ2n) is 5.90. The predicted octanol–water partition coefficient (Wildman–Crippen LogP) is 2.89. The SMILES string of the molecule is COc1ccc2c(c1)CCN(S(=O)(=O)Cc1ccccc1C)C2. The molecule has 0 saturated heterocycles. The topological polar surface area (TPSA) is 46.6 Å². The van der Waals surface area contributed by atoms with Gasteiger partial charge in [-0.05, 0) is 47.7 Å². The second-order valence-corrected chi connectivity index (χ2v) is 7.87. The molecule has 0 fully saturated rings. The molecule has 0 spiro atoms. The van der Waals surface area contributed by atoms with E-state index in [-0.39, 0.29) is 5.75 Å². The van der Waals surface area contributed by atoms with Gasteiger partial charge in [0.2, 0.25) is 10.0 Å². The molecule has 0 unspecified atom stereocenters. The van der Waals surface area contributed by atoms with Crippen LogP contribution in [0, 0.1) is 6.92 Å². The van der Waals surface area contributed by atoms with Crippen molar-refractivity contribution in [1.29, 1.82) is 0 Å². The van der Waals surface area contributed by atoms with Crippen LogP contribution in [0.2, 0.25) is 0 Å². The third-order valence-corrected chi connectivity index (χ3v) is 6.16. The molecule has 0 radical (unpaired) electrons. The number of sulfonamides is 1. The predicted molar refractivity (Wildman–Crippen MR) is 90.9 cm³/mol. The lowest BCUT2D eigenvalue weighted by Gasteiger charge is -2.28. The van der Waals surface area contributed by atoms with Crippen LogP contribution in [-0.2, 0) is 28.7 Å². The van der Waals surface area contributed by atoms with E-state index in [1.807, 2.05) is 49.4 Å². The molecule has 23 heavy (non-hydrogen) atoms. The number of hydrogen-bond donors (Lipinski definition) is 0. The summed E-state index contributed by atoms with van der Waals surface area (Å²) >= 11 is 0. The fourth-order valence-electron chi connectivity index (χ4n) is 2.93. The molecule has 0 amide bonds. The molecule has 0 aromatic heterocycles. The zero-order chi connectivity index (χ0) is 16.4. The summed E-state index contributed by atoms with van der Waals surface area (Å²) < 4.78 is 32.3. The van der Waals surface area contributed by atoms with E-state index < -0.39 is 10.0 Å². The van der Waals surface area contributed by atoms with Crippen molar-refractivity contribution < 1.29 is 13.2 Å². The van der Waals surface area contributed by atoms with Crippen molar-refractivity contribution in [1.82, 2.24) is 4.31 Å². The summed E-state index contributed by atoms with van der Waals surface area (Å²) in [7, 11) is -1.67. The van der Waals surface area contributed by atoms with Gasteiger partial charge in [0.15, 0.2) is 0 Å². The van der Waals surface area contributed by atoms with Crippen LogP contribution in [0.1, 0.15) is 22.3 Å². The summed E-state index contributed by atoms with van der Waals surface area (Å²) in [6, 6.07) is 13.5. The van der Waals surface area contributed by atoms with Crippen molar-refractivity contribution in [3.63, 3.8) is 0 Å². The summed E-state index contributed by atoms with van der Waals surface area (Å²) in [6.07, 6.45) is 0.722. The van der Waals surface area contributed by atoms with Gasteiger partial charge in [-0.1, -0.05) is 30.3 Å². The van der Waals surface area contributed by atoms with Crippen LogP contribution in [-0.4, -0.2) is 26.4 Å². The molecule has 0 aliphatic carbocycles. The minimum absolute atomic E-state index is 0.0607. The Balaban J connectivity index is 1.81. The molecule has 5 heteroatoms. The van der Waals surface area contributed by atoms with Gasteiger partial charge in [-0.2, -0.15) is 4.31 Å². The molecule has 122 valence electrons. The largest absolute Gasteiger partial charge is 0.497 e. The van der Waals surface area contributed by atoms with Crippen LogP contribution in [0.25, 0.3) is 0 Å². The van der Waals surface area contributed by atoms with E-state index in [2.05, 4.69) is 0 Å². The number of hydrogen-bond acceptors (Lipinski definition) is 3. The molecule has 2 aromatic carbocycles. The van der Waals surface area contributed by atoms with E-state index in [0.717, 1.165) is 28.9 Å². The highest BCUT2D eigenvalue weighted by atomic mass is 32.2. The maximum absolute atomic E-state index is 12.7. The lowest BCUT2D eigenvalue weighted by Crippen LogP contribution is -2.36. The van der Waals surface area contributed by atoms with Gasteiger partial charge >= 0.3 is 0 Å². The van der Waals surface area contributed by atoms with Crippen LogP contribution in [0.4, 0.5) is 0 Å². The molecule has 0 atom stereocenters. The van der Waals surface area contributed by atoms with Gasteiger partial charge in [0.05, 0.1) is 12.9 Å². The molecular formula is C18H21NO3S. The van der Waals surface area contributed by atoms with Crippen LogP contribution >= 0.6 is 0 Å². The Hall–Kier alpha value is -1.85. The minimum atomic E-state index is -3.32. The Labute approximate surface area is 137 Å². The lowest BCUT2D eigenvalue weighted by molar-refractivity contribution is 0.386. The van der Waals surface area contributed by atoms with Crippen LogP contribution < -0.4 is 4.74 Å². The van der Waals surface area contributed by atoms with Crippen molar-refractivity contribution in [2.75, 3.05) is 13.7 Å². The van der Waals surface area contributed by atoms with Crippen molar-refractivity contribution in [2.45, 2.75) is 25.6 Å². The molecule has 0 N–H and O–H groups in total. The fourth-order valence-corrected chi connectivity index (χ4v) is 4.53. The number of rotatable bonds is 4. The van der Waals surface area contributed by atoms with E-state index in [9.17, 15) is 8.42 Å². The molecule has 3 rings (SSSR count). The van der Waals surface area contributed by atoms with E-state index in [1.165, 1.54) is 5.56 Å². The van der Waals surface area contributed by atoms with Crippen LogP contribution in [0.15, 0.2) is 42.5 Å². The summed E-state index contributed by atoms with van der Waals surface area (Å²) in [5.41, 5.74) is 4.11. The maximum Gasteiger partial charge on any atom is 0.218 e. The Morgan fingerprint density at radius 1 is 1.13 bits per heavy atom. The molecule has 2 aromatic rings. The number of ether oxygens (including phenoxy) is 1. The highest BCUT2D eigenvalue weighted by Crippen LogP contribution is 2.26. The van der Waals surface area contributed by atoms with Gasteiger partial charge in [0.1, 0.15) is 5.75 Å². The standard InChI is InChI=1S/C18H21NO3S/c1-14-5-3-4-6-17(14)13-23(20,21)19-10-9-15-11-18(22-2)8-7-16(15)12-19/h3-8,11H,9-10,12-13H2,1-2H3. The van der Waals surface area contributed by atoms with Gasteiger partial charge in [-0.15, -0.1) is 0 Å². The summed E-state index contributed by atoms with van der Waals surface area (Å²) in [5, 5.41) is 0. The lowest BCUT2D eigenvalue weighted by atomic mass is 10.0. The van der Waals surface area contributed by atoms with E-state index in [1.54, 1.807) is 11.4 Å². The zero-order valence-electron chi connectivity index (χ0n) is 13.5. The Kier molecular flexibility index (Phi) is 4.41. The van der Waals surface area contributed by atoms with E-state index >= 15 is 0 Å². The molecule has 0 saturated carbocycles. The zero-order valence-corrected chi connectivity index (χ0v) is 14.3. The fraction of sp³-hybridized carbons (Fsp3) is 0.333. The number of methoxy groups -OCH3 is 1. The first kappa shape index (κ1) is 16.0. The normalized spacial score (nSPS) is 15.2. The van der Waals surface area contributed by atoms with Crippen molar-refractivity contribution in [3.05, 3.63) is 64.7 Å². The summed E-state index contributed by atoms with van der Waals surface area (Å²) in [5.74, 6) is 0.880.